The van der Waals surface area contributed by atoms with Crippen LogP contribution in [0.1, 0.15) is 33.1 Å². The molecule has 0 spiro atoms. The molecule has 1 saturated carbocycles. The second-order valence-corrected chi connectivity index (χ2v) is 3.77. The van der Waals surface area contributed by atoms with Crippen LogP contribution in [0, 0.1) is 23.2 Å². The predicted octanol–water partition coefficient (Wildman–Crippen LogP) is 1.70. The minimum Gasteiger partial charge on any atom is -0.390 e. The third kappa shape index (κ3) is 1.54. The first kappa shape index (κ1) is 8.55. The topological polar surface area (TPSA) is 44.0 Å². The van der Waals surface area contributed by atoms with Crippen LogP contribution in [0.25, 0.3) is 0 Å². The van der Waals surface area contributed by atoms with Gasteiger partial charge < -0.3 is 5.11 Å². The van der Waals surface area contributed by atoms with E-state index in [0.29, 0.717) is 0 Å². The Balaban J connectivity index is 2.69. The molecule has 1 fully saturated rings. The van der Waals surface area contributed by atoms with Crippen molar-refractivity contribution in [2.45, 2.75) is 38.7 Å². The highest BCUT2D eigenvalue weighted by Gasteiger charge is 2.37. The first-order valence-electron chi connectivity index (χ1n) is 4.20. The minimum absolute atomic E-state index is 0.0544. The van der Waals surface area contributed by atoms with Crippen LogP contribution < -0.4 is 0 Å². The summed E-state index contributed by atoms with van der Waals surface area (Å²) < 4.78 is 0. The number of aliphatic hydroxyl groups is 1. The van der Waals surface area contributed by atoms with Crippen molar-refractivity contribution in [2.24, 2.45) is 11.8 Å². The highest BCUT2D eigenvalue weighted by Crippen LogP contribution is 2.36. The largest absolute Gasteiger partial charge is 0.390 e. The Morgan fingerprint density at radius 3 is 2.73 bits per heavy atom. The van der Waals surface area contributed by atoms with E-state index in [2.05, 4.69) is 6.07 Å². The molecule has 0 bridgehead atoms. The van der Waals surface area contributed by atoms with Crippen LogP contribution in [-0.4, -0.2) is 10.7 Å². The summed E-state index contributed by atoms with van der Waals surface area (Å²) in [5, 5.41) is 18.5. The standard InChI is InChI=1S/C9H15NO/c1-7-8(6-10)4-3-5-9(7,2)11/h7-8,11H,3-5H2,1-2H3/t7-,8-,9+/m1/s1. The maximum atomic E-state index is 9.79. The van der Waals surface area contributed by atoms with Crippen LogP contribution in [0.4, 0.5) is 0 Å². The summed E-state index contributed by atoms with van der Waals surface area (Å²) in [7, 11) is 0. The van der Waals surface area contributed by atoms with Gasteiger partial charge in [0.1, 0.15) is 0 Å². The molecule has 11 heavy (non-hydrogen) atoms. The molecule has 0 aliphatic heterocycles. The first-order valence-corrected chi connectivity index (χ1v) is 4.20. The van der Waals surface area contributed by atoms with Gasteiger partial charge in [0.15, 0.2) is 0 Å². The number of hydrogen-bond acceptors (Lipinski definition) is 2. The number of hydrogen-bond donors (Lipinski definition) is 1. The second-order valence-electron chi connectivity index (χ2n) is 3.77. The molecular formula is C9H15NO. The zero-order chi connectivity index (χ0) is 8.48. The lowest BCUT2D eigenvalue weighted by molar-refractivity contribution is -0.0393. The second kappa shape index (κ2) is 2.83. The van der Waals surface area contributed by atoms with E-state index in [4.69, 9.17) is 5.26 Å². The molecule has 0 aromatic carbocycles. The molecule has 0 heterocycles. The van der Waals surface area contributed by atoms with E-state index in [-0.39, 0.29) is 11.8 Å². The van der Waals surface area contributed by atoms with Gasteiger partial charge in [-0.3, -0.25) is 0 Å². The van der Waals surface area contributed by atoms with Crippen molar-refractivity contribution in [3.8, 4) is 6.07 Å². The van der Waals surface area contributed by atoms with E-state index >= 15 is 0 Å². The van der Waals surface area contributed by atoms with E-state index in [9.17, 15) is 5.11 Å². The molecule has 0 aromatic heterocycles. The summed E-state index contributed by atoms with van der Waals surface area (Å²) in [5.74, 6) is 0.181. The van der Waals surface area contributed by atoms with Gasteiger partial charge in [-0.1, -0.05) is 6.92 Å². The molecule has 1 aliphatic carbocycles. The van der Waals surface area contributed by atoms with Crippen molar-refractivity contribution in [2.75, 3.05) is 0 Å². The van der Waals surface area contributed by atoms with Gasteiger partial charge in [0.25, 0.3) is 0 Å². The van der Waals surface area contributed by atoms with Gasteiger partial charge in [-0.2, -0.15) is 5.26 Å². The smallest absolute Gasteiger partial charge is 0.0659 e. The monoisotopic (exact) mass is 153 g/mol. The van der Waals surface area contributed by atoms with Gasteiger partial charge in [-0.05, 0) is 26.2 Å². The van der Waals surface area contributed by atoms with Gasteiger partial charge >= 0.3 is 0 Å². The van der Waals surface area contributed by atoms with E-state index < -0.39 is 5.60 Å². The SMILES string of the molecule is C[C@@H]1[C@@H](C#N)CCC[C@]1(C)O. The van der Waals surface area contributed by atoms with Crippen LogP contribution >= 0.6 is 0 Å². The van der Waals surface area contributed by atoms with Crippen molar-refractivity contribution in [3.05, 3.63) is 0 Å². The number of nitrogens with zero attached hydrogens (tertiary/aromatic N) is 1. The molecule has 2 heteroatoms. The number of rotatable bonds is 0. The van der Waals surface area contributed by atoms with Crippen LogP contribution in [0.3, 0.4) is 0 Å². The molecule has 2 nitrogen and oxygen atoms in total. The molecule has 0 radical (unpaired) electrons. The summed E-state index contributed by atoms with van der Waals surface area (Å²) in [5.41, 5.74) is -0.612. The maximum absolute atomic E-state index is 9.79. The van der Waals surface area contributed by atoms with Gasteiger partial charge in [0, 0.05) is 5.92 Å². The number of nitriles is 1. The molecule has 3 atom stereocenters. The summed E-state index contributed by atoms with van der Waals surface area (Å²) in [6.07, 6.45) is 2.77. The van der Waals surface area contributed by atoms with Crippen molar-refractivity contribution < 1.29 is 5.11 Å². The average Bonchev–Trinajstić information content (AvgIpc) is 1.95. The summed E-state index contributed by atoms with van der Waals surface area (Å²) >= 11 is 0. The molecule has 0 saturated heterocycles. The van der Waals surface area contributed by atoms with Crippen molar-refractivity contribution in [3.63, 3.8) is 0 Å². The van der Waals surface area contributed by atoms with Gasteiger partial charge in [0.2, 0.25) is 0 Å². The summed E-state index contributed by atoms with van der Waals surface area (Å²) in [6, 6.07) is 2.25. The molecule has 0 unspecified atom stereocenters. The lowest BCUT2D eigenvalue weighted by Gasteiger charge is -2.37. The quantitative estimate of drug-likeness (QED) is 0.575. The molecule has 1 aliphatic rings. The Kier molecular flexibility index (Phi) is 2.20. The lowest BCUT2D eigenvalue weighted by Crippen LogP contribution is -2.40. The zero-order valence-electron chi connectivity index (χ0n) is 7.17. The Bertz CT molecular complexity index is 180. The van der Waals surface area contributed by atoms with E-state index in [1.807, 2.05) is 13.8 Å². The Morgan fingerprint density at radius 1 is 1.64 bits per heavy atom. The predicted molar refractivity (Wildman–Crippen MR) is 42.7 cm³/mol. The molecular weight excluding hydrogens is 138 g/mol. The average molecular weight is 153 g/mol. The highest BCUT2D eigenvalue weighted by molar-refractivity contribution is 4.97. The Hall–Kier alpha value is -0.550. The highest BCUT2D eigenvalue weighted by atomic mass is 16.3. The van der Waals surface area contributed by atoms with Gasteiger partial charge in [-0.15, -0.1) is 0 Å². The van der Waals surface area contributed by atoms with Gasteiger partial charge in [-0.25, -0.2) is 0 Å². The molecule has 62 valence electrons. The Morgan fingerprint density at radius 2 is 2.27 bits per heavy atom. The van der Waals surface area contributed by atoms with Crippen LogP contribution in [0.15, 0.2) is 0 Å². The molecule has 0 amide bonds. The summed E-state index contributed by atoms with van der Waals surface area (Å²) in [4.78, 5) is 0. The van der Waals surface area contributed by atoms with Crippen LogP contribution in [-0.2, 0) is 0 Å². The molecule has 1 rings (SSSR count). The maximum Gasteiger partial charge on any atom is 0.0659 e. The fourth-order valence-corrected chi connectivity index (χ4v) is 1.77. The van der Waals surface area contributed by atoms with E-state index in [1.54, 1.807) is 0 Å². The van der Waals surface area contributed by atoms with Crippen molar-refractivity contribution in [1.82, 2.24) is 0 Å². The first-order chi connectivity index (χ1) is 5.08. The molecule has 1 N–H and O–H groups in total. The zero-order valence-corrected chi connectivity index (χ0v) is 7.17. The Labute approximate surface area is 67.8 Å². The van der Waals surface area contributed by atoms with E-state index in [1.165, 1.54) is 0 Å². The lowest BCUT2D eigenvalue weighted by atomic mass is 9.71. The van der Waals surface area contributed by atoms with Crippen LogP contribution in [0.2, 0.25) is 0 Å². The fraction of sp³-hybridized carbons (Fsp3) is 0.889. The minimum atomic E-state index is -0.612. The van der Waals surface area contributed by atoms with Crippen LogP contribution in [0.5, 0.6) is 0 Å². The summed E-state index contributed by atoms with van der Waals surface area (Å²) in [6.45, 7) is 3.80. The van der Waals surface area contributed by atoms with Crippen molar-refractivity contribution >= 4 is 0 Å². The third-order valence-electron chi connectivity index (χ3n) is 2.95. The third-order valence-corrected chi connectivity index (χ3v) is 2.95. The normalized spacial score (nSPS) is 44.9. The van der Waals surface area contributed by atoms with Gasteiger partial charge in [0.05, 0.1) is 17.6 Å². The van der Waals surface area contributed by atoms with E-state index in [0.717, 1.165) is 19.3 Å². The van der Waals surface area contributed by atoms with Crippen molar-refractivity contribution in [1.29, 1.82) is 5.26 Å². The molecule has 0 aromatic rings. The fourth-order valence-electron chi connectivity index (χ4n) is 1.77.